The van der Waals surface area contributed by atoms with Gasteiger partial charge in [0.1, 0.15) is 12.2 Å². The van der Waals surface area contributed by atoms with E-state index < -0.39 is 18.7 Å². The van der Waals surface area contributed by atoms with Gasteiger partial charge in [-0.25, -0.2) is 9.10 Å². The van der Waals surface area contributed by atoms with E-state index in [1.165, 1.54) is 24.9 Å². The molecule has 0 aromatic carbocycles. The quantitative estimate of drug-likeness (QED) is 0.850. The van der Waals surface area contributed by atoms with Crippen molar-refractivity contribution in [1.82, 2.24) is 18.7 Å². The van der Waals surface area contributed by atoms with Crippen molar-refractivity contribution in [2.45, 2.75) is 37.6 Å². The van der Waals surface area contributed by atoms with Crippen molar-refractivity contribution in [3.05, 3.63) is 35.4 Å². The van der Waals surface area contributed by atoms with Gasteiger partial charge in [0.2, 0.25) is 0 Å². The van der Waals surface area contributed by atoms with Crippen LogP contribution in [0.4, 0.5) is 13.2 Å². The Bertz CT molecular complexity index is 769. The van der Waals surface area contributed by atoms with E-state index in [9.17, 15) is 23.1 Å². The average molecular weight is 360 g/mol. The molecule has 3 heterocycles. The van der Waals surface area contributed by atoms with Crippen LogP contribution < -0.4 is 0 Å². The molecule has 0 atom stereocenters. The highest BCUT2D eigenvalue weighted by atomic mass is 32.2. The maximum atomic E-state index is 12.7. The van der Waals surface area contributed by atoms with E-state index in [4.69, 9.17) is 0 Å². The standard InChI is InChI=1S/C14H15F3N4O2S/c1-9-12(6-11(13(22)23)20(9)8-14(15,16)17)24-19-4-5-21-10(7-19)2-3-18-21/h2-3,6H,4-5,7-8H2,1H3,(H,22,23). The molecule has 0 saturated heterocycles. The van der Waals surface area contributed by atoms with E-state index in [0.29, 0.717) is 30.2 Å². The number of hydrogen-bond donors (Lipinski definition) is 1. The smallest absolute Gasteiger partial charge is 0.406 e. The number of carboxylic acid groups (broad SMARTS) is 1. The lowest BCUT2D eigenvalue weighted by molar-refractivity contribution is -0.141. The number of fused-ring (bicyclic) bond motifs is 1. The molecule has 2 aromatic heterocycles. The van der Waals surface area contributed by atoms with E-state index >= 15 is 0 Å². The fraction of sp³-hybridized carbons (Fsp3) is 0.429. The van der Waals surface area contributed by atoms with Crippen molar-refractivity contribution in [3.63, 3.8) is 0 Å². The molecule has 3 rings (SSSR count). The Balaban J connectivity index is 1.84. The predicted octanol–water partition coefficient (Wildman–Crippen LogP) is 2.78. The Labute approximate surface area is 140 Å². The minimum atomic E-state index is -4.48. The van der Waals surface area contributed by atoms with Crippen LogP contribution in [0, 0.1) is 6.92 Å². The van der Waals surface area contributed by atoms with Crippen molar-refractivity contribution < 1.29 is 23.1 Å². The second kappa shape index (κ2) is 6.17. The third-order valence-corrected chi connectivity index (χ3v) is 4.99. The fourth-order valence-corrected chi connectivity index (χ4v) is 3.71. The topological polar surface area (TPSA) is 63.3 Å². The van der Waals surface area contributed by atoms with Crippen LogP contribution in [0.25, 0.3) is 0 Å². The van der Waals surface area contributed by atoms with Crippen LogP contribution in [0.1, 0.15) is 21.9 Å². The molecular weight excluding hydrogens is 345 g/mol. The van der Waals surface area contributed by atoms with Crippen LogP contribution in [0.3, 0.4) is 0 Å². The van der Waals surface area contributed by atoms with E-state index in [1.54, 1.807) is 6.20 Å². The monoisotopic (exact) mass is 360 g/mol. The van der Waals surface area contributed by atoms with Crippen LogP contribution in [0.2, 0.25) is 0 Å². The number of carbonyl (C=O) groups is 1. The maximum absolute atomic E-state index is 12.7. The Hall–Kier alpha value is -1.94. The summed E-state index contributed by atoms with van der Waals surface area (Å²) in [6.07, 6.45) is -2.77. The first kappa shape index (κ1) is 16.9. The van der Waals surface area contributed by atoms with Gasteiger partial charge in [-0.3, -0.25) is 4.68 Å². The molecule has 1 N–H and O–H groups in total. The molecule has 130 valence electrons. The number of aromatic nitrogens is 3. The van der Waals surface area contributed by atoms with Gasteiger partial charge in [-0.05, 0) is 31.0 Å². The zero-order chi connectivity index (χ0) is 17.5. The predicted molar refractivity (Wildman–Crippen MR) is 80.7 cm³/mol. The molecule has 2 aromatic rings. The number of rotatable bonds is 4. The molecule has 6 nitrogen and oxygen atoms in total. The van der Waals surface area contributed by atoms with Crippen LogP contribution in [0.5, 0.6) is 0 Å². The van der Waals surface area contributed by atoms with E-state index in [-0.39, 0.29) is 5.69 Å². The largest absolute Gasteiger partial charge is 0.477 e. The van der Waals surface area contributed by atoms with E-state index in [1.807, 2.05) is 15.1 Å². The van der Waals surface area contributed by atoms with E-state index in [2.05, 4.69) is 5.10 Å². The molecule has 0 saturated carbocycles. The second-order valence-electron chi connectivity index (χ2n) is 5.49. The van der Waals surface area contributed by atoms with Gasteiger partial charge in [-0.2, -0.15) is 18.3 Å². The maximum Gasteiger partial charge on any atom is 0.406 e. The van der Waals surface area contributed by atoms with Crippen molar-refractivity contribution in [2.75, 3.05) is 6.54 Å². The van der Waals surface area contributed by atoms with Gasteiger partial charge >= 0.3 is 12.1 Å². The van der Waals surface area contributed by atoms with Gasteiger partial charge in [-0.1, -0.05) is 0 Å². The summed E-state index contributed by atoms with van der Waals surface area (Å²) in [6, 6.07) is 3.19. The molecule has 0 radical (unpaired) electrons. The Morgan fingerprint density at radius 2 is 2.17 bits per heavy atom. The molecule has 0 bridgehead atoms. The Kier molecular flexibility index (Phi) is 4.35. The number of aromatic carboxylic acids is 1. The van der Waals surface area contributed by atoms with Gasteiger partial charge < -0.3 is 9.67 Å². The summed E-state index contributed by atoms with van der Waals surface area (Å²) in [5, 5.41) is 13.4. The first-order chi connectivity index (χ1) is 11.2. The fourth-order valence-electron chi connectivity index (χ4n) is 2.65. The SMILES string of the molecule is Cc1c(SN2CCn3nccc3C2)cc(C(=O)O)n1CC(F)(F)F. The van der Waals surface area contributed by atoms with Gasteiger partial charge in [0.15, 0.2) is 0 Å². The highest BCUT2D eigenvalue weighted by molar-refractivity contribution is 7.97. The number of alkyl halides is 3. The van der Waals surface area contributed by atoms with Gasteiger partial charge in [0, 0.05) is 23.3 Å². The summed E-state index contributed by atoms with van der Waals surface area (Å²) in [7, 11) is 0. The normalized spacial score (nSPS) is 15.5. The van der Waals surface area contributed by atoms with Gasteiger partial charge in [-0.15, -0.1) is 0 Å². The molecule has 0 unspecified atom stereocenters. The van der Waals surface area contributed by atoms with Crippen molar-refractivity contribution in [2.24, 2.45) is 0 Å². The lowest BCUT2D eigenvalue weighted by Gasteiger charge is -2.26. The second-order valence-corrected chi connectivity index (χ2v) is 6.63. The Morgan fingerprint density at radius 3 is 2.83 bits per heavy atom. The molecule has 24 heavy (non-hydrogen) atoms. The third kappa shape index (κ3) is 3.44. The van der Waals surface area contributed by atoms with Crippen LogP contribution in [-0.2, 0) is 19.6 Å². The van der Waals surface area contributed by atoms with Gasteiger partial charge in [0.25, 0.3) is 0 Å². The number of carboxylic acids is 1. The molecule has 0 amide bonds. The van der Waals surface area contributed by atoms with Crippen LogP contribution in [-0.4, -0.2) is 42.4 Å². The highest BCUT2D eigenvalue weighted by Gasteiger charge is 2.32. The number of nitrogens with zero attached hydrogens (tertiary/aromatic N) is 4. The average Bonchev–Trinajstić information content (AvgIpc) is 3.05. The summed E-state index contributed by atoms with van der Waals surface area (Å²) in [4.78, 5) is 11.8. The first-order valence-electron chi connectivity index (χ1n) is 7.18. The lowest BCUT2D eigenvalue weighted by Crippen LogP contribution is -2.28. The molecular formula is C14H15F3N4O2S. The lowest BCUT2D eigenvalue weighted by atomic mass is 10.3. The zero-order valence-electron chi connectivity index (χ0n) is 12.7. The Morgan fingerprint density at radius 1 is 1.42 bits per heavy atom. The molecule has 0 fully saturated rings. The summed E-state index contributed by atoms with van der Waals surface area (Å²) in [5.74, 6) is -1.37. The minimum absolute atomic E-state index is 0.300. The first-order valence-corrected chi connectivity index (χ1v) is 7.96. The number of halogens is 3. The summed E-state index contributed by atoms with van der Waals surface area (Å²) in [6.45, 7) is 2.15. The molecule has 1 aliphatic rings. The van der Waals surface area contributed by atoms with Crippen LogP contribution >= 0.6 is 11.9 Å². The van der Waals surface area contributed by atoms with Crippen molar-refractivity contribution in [1.29, 1.82) is 0 Å². The van der Waals surface area contributed by atoms with Crippen LogP contribution in [0.15, 0.2) is 23.2 Å². The third-order valence-electron chi connectivity index (χ3n) is 3.81. The highest BCUT2D eigenvalue weighted by Crippen LogP contribution is 2.33. The molecule has 0 aliphatic carbocycles. The molecule has 1 aliphatic heterocycles. The molecule has 0 spiro atoms. The van der Waals surface area contributed by atoms with Gasteiger partial charge in [0.05, 0.1) is 18.8 Å². The summed E-state index contributed by atoms with van der Waals surface area (Å²) in [5.41, 5.74) is 0.961. The van der Waals surface area contributed by atoms with Crippen molar-refractivity contribution in [3.8, 4) is 0 Å². The minimum Gasteiger partial charge on any atom is -0.477 e. The molecule has 10 heteroatoms. The number of hydrogen-bond acceptors (Lipinski definition) is 4. The zero-order valence-corrected chi connectivity index (χ0v) is 13.6. The van der Waals surface area contributed by atoms with Crippen molar-refractivity contribution >= 4 is 17.9 Å². The summed E-state index contributed by atoms with van der Waals surface area (Å²) < 4.78 is 42.8. The van der Waals surface area contributed by atoms with E-state index in [0.717, 1.165) is 10.3 Å². The summed E-state index contributed by atoms with van der Waals surface area (Å²) >= 11 is 1.28.